The van der Waals surface area contributed by atoms with Gasteiger partial charge in [-0.3, -0.25) is 0 Å². The minimum Gasteiger partial charge on any atom is -0.462 e. The number of anilines is 1. The highest BCUT2D eigenvalue weighted by molar-refractivity contribution is 6.14. The lowest BCUT2D eigenvalue weighted by Gasteiger charge is -2.07. The number of benzene rings is 1. The molecule has 1 aromatic carbocycles. The molecule has 0 saturated heterocycles. The molecule has 0 bridgehead atoms. The quantitative estimate of drug-likeness (QED) is 0.371. The standard InChI is InChI=1S/C17H20N2O4/c1-4-22-16(20)14(17(21)23-5-2)10-18-13-6-7-15-12(9-13)8-11(3)19-15/h6-10,18-19H,4-5H2,1-3H3. The molecule has 0 amide bonds. The number of rotatable bonds is 6. The van der Waals surface area contributed by atoms with Crippen molar-refractivity contribution in [2.24, 2.45) is 0 Å². The molecule has 2 aromatic rings. The first-order valence-corrected chi connectivity index (χ1v) is 7.45. The molecule has 1 aromatic heterocycles. The minimum absolute atomic E-state index is 0.168. The Morgan fingerprint density at radius 2 is 1.78 bits per heavy atom. The molecule has 0 saturated carbocycles. The van der Waals surface area contributed by atoms with Gasteiger partial charge in [0, 0.05) is 28.5 Å². The van der Waals surface area contributed by atoms with E-state index >= 15 is 0 Å². The van der Waals surface area contributed by atoms with Crippen molar-refractivity contribution < 1.29 is 19.1 Å². The van der Waals surface area contributed by atoms with Crippen molar-refractivity contribution in [3.63, 3.8) is 0 Å². The number of hydrogen-bond donors (Lipinski definition) is 2. The minimum atomic E-state index is -0.711. The molecule has 0 aliphatic carbocycles. The summed E-state index contributed by atoms with van der Waals surface area (Å²) in [6, 6.07) is 7.71. The predicted octanol–water partition coefficient (Wildman–Crippen LogP) is 2.90. The molecule has 0 radical (unpaired) electrons. The Morgan fingerprint density at radius 1 is 1.13 bits per heavy atom. The molecule has 0 atom stereocenters. The summed E-state index contributed by atoms with van der Waals surface area (Å²) in [5.41, 5.74) is 2.67. The zero-order chi connectivity index (χ0) is 16.8. The van der Waals surface area contributed by atoms with Crippen molar-refractivity contribution in [2.45, 2.75) is 20.8 Å². The van der Waals surface area contributed by atoms with Gasteiger partial charge in [0.25, 0.3) is 0 Å². The summed E-state index contributed by atoms with van der Waals surface area (Å²) < 4.78 is 9.76. The average molecular weight is 316 g/mol. The fraction of sp³-hybridized carbons (Fsp3) is 0.294. The number of ether oxygens (including phenoxy) is 2. The Hall–Kier alpha value is -2.76. The number of carbonyl (C=O) groups is 2. The first kappa shape index (κ1) is 16.6. The van der Waals surface area contributed by atoms with Crippen molar-refractivity contribution in [3.8, 4) is 0 Å². The molecule has 6 nitrogen and oxygen atoms in total. The fourth-order valence-electron chi connectivity index (χ4n) is 2.14. The van der Waals surface area contributed by atoms with Crippen molar-refractivity contribution >= 4 is 28.5 Å². The molecule has 0 spiro atoms. The summed E-state index contributed by atoms with van der Waals surface area (Å²) in [5, 5.41) is 3.98. The number of aromatic amines is 1. The van der Waals surface area contributed by atoms with Crippen molar-refractivity contribution in [3.05, 3.63) is 41.7 Å². The zero-order valence-electron chi connectivity index (χ0n) is 13.4. The third-order valence-electron chi connectivity index (χ3n) is 3.13. The van der Waals surface area contributed by atoms with Gasteiger partial charge in [-0.25, -0.2) is 9.59 Å². The summed E-state index contributed by atoms with van der Waals surface area (Å²) >= 11 is 0. The van der Waals surface area contributed by atoms with Crippen LogP contribution in [0, 0.1) is 6.92 Å². The van der Waals surface area contributed by atoms with Crippen LogP contribution >= 0.6 is 0 Å². The number of aromatic nitrogens is 1. The lowest BCUT2D eigenvalue weighted by molar-refractivity contribution is -0.146. The van der Waals surface area contributed by atoms with E-state index in [2.05, 4.69) is 10.3 Å². The molecular formula is C17H20N2O4. The molecule has 23 heavy (non-hydrogen) atoms. The summed E-state index contributed by atoms with van der Waals surface area (Å²) in [6.45, 7) is 5.70. The van der Waals surface area contributed by atoms with Crippen LogP contribution in [0.25, 0.3) is 10.9 Å². The molecular weight excluding hydrogens is 296 g/mol. The first-order chi connectivity index (χ1) is 11.0. The Balaban J connectivity index is 2.22. The van der Waals surface area contributed by atoms with Gasteiger partial charge in [-0.2, -0.15) is 0 Å². The second kappa shape index (κ2) is 7.49. The Bertz CT molecular complexity index is 726. The zero-order valence-corrected chi connectivity index (χ0v) is 13.4. The van der Waals surface area contributed by atoms with Gasteiger partial charge in [0.15, 0.2) is 5.57 Å². The summed E-state index contributed by atoms with van der Waals surface area (Å²) in [5.74, 6) is -1.42. The van der Waals surface area contributed by atoms with Crippen LogP contribution in [0.5, 0.6) is 0 Å². The smallest absolute Gasteiger partial charge is 0.347 e. The van der Waals surface area contributed by atoms with Crippen molar-refractivity contribution in [1.29, 1.82) is 0 Å². The van der Waals surface area contributed by atoms with Crippen LogP contribution in [0.1, 0.15) is 19.5 Å². The topological polar surface area (TPSA) is 80.4 Å². The highest BCUT2D eigenvalue weighted by Gasteiger charge is 2.20. The maximum atomic E-state index is 11.9. The van der Waals surface area contributed by atoms with E-state index in [-0.39, 0.29) is 18.8 Å². The van der Waals surface area contributed by atoms with Gasteiger partial charge in [0.2, 0.25) is 0 Å². The summed E-state index contributed by atoms with van der Waals surface area (Å²) in [4.78, 5) is 26.9. The van der Waals surface area contributed by atoms with Gasteiger partial charge in [0.05, 0.1) is 13.2 Å². The number of nitrogens with one attached hydrogen (secondary N) is 2. The maximum absolute atomic E-state index is 11.9. The Kier molecular flexibility index (Phi) is 5.41. The van der Waals surface area contributed by atoms with Crippen LogP contribution in [0.3, 0.4) is 0 Å². The molecule has 0 aliphatic heterocycles. The van der Waals surface area contributed by atoms with Crippen molar-refractivity contribution in [2.75, 3.05) is 18.5 Å². The number of H-pyrrole nitrogens is 1. The van der Waals surface area contributed by atoms with Crippen LogP contribution in [0.4, 0.5) is 5.69 Å². The van der Waals surface area contributed by atoms with Gasteiger partial charge in [0.1, 0.15) is 0 Å². The van der Waals surface area contributed by atoms with E-state index in [4.69, 9.17) is 9.47 Å². The van der Waals surface area contributed by atoms with Gasteiger partial charge in [-0.15, -0.1) is 0 Å². The SMILES string of the molecule is CCOC(=O)C(=CNc1ccc2[nH]c(C)cc2c1)C(=O)OCC. The van der Waals surface area contributed by atoms with E-state index in [0.717, 1.165) is 22.3 Å². The number of hydrogen-bond acceptors (Lipinski definition) is 5. The second-order valence-corrected chi connectivity index (χ2v) is 4.90. The van der Waals surface area contributed by atoms with Crippen molar-refractivity contribution in [1.82, 2.24) is 4.98 Å². The molecule has 2 N–H and O–H groups in total. The number of fused-ring (bicyclic) bond motifs is 1. The summed E-state index contributed by atoms with van der Waals surface area (Å²) in [6.07, 6.45) is 1.32. The fourth-order valence-corrected chi connectivity index (χ4v) is 2.14. The van der Waals surface area contributed by atoms with E-state index in [0.29, 0.717) is 0 Å². The van der Waals surface area contributed by atoms with Crippen LogP contribution in [0.15, 0.2) is 36.0 Å². The maximum Gasteiger partial charge on any atom is 0.347 e. The Morgan fingerprint density at radius 3 is 2.39 bits per heavy atom. The second-order valence-electron chi connectivity index (χ2n) is 4.90. The summed E-state index contributed by atoms with van der Waals surface area (Å²) in [7, 11) is 0. The van der Waals surface area contributed by atoms with Crippen LogP contribution in [0.2, 0.25) is 0 Å². The van der Waals surface area contributed by atoms with Gasteiger partial charge in [-0.05, 0) is 45.0 Å². The highest BCUT2D eigenvalue weighted by Crippen LogP contribution is 2.20. The van der Waals surface area contributed by atoms with E-state index in [1.807, 2.05) is 31.2 Å². The number of carbonyl (C=O) groups excluding carboxylic acids is 2. The normalized spacial score (nSPS) is 10.2. The van der Waals surface area contributed by atoms with Gasteiger partial charge < -0.3 is 19.8 Å². The molecule has 0 fully saturated rings. The van der Waals surface area contributed by atoms with Crippen LogP contribution in [-0.2, 0) is 19.1 Å². The molecule has 0 aliphatic rings. The first-order valence-electron chi connectivity index (χ1n) is 7.45. The monoisotopic (exact) mass is 316 g/mol. The lowest BCUT2D eigenvalue weighted by Crippen LogP contribution is -2.19. The Labute approximate surface area is 134 Å². The number of aryl methyl sites for hydroxylation is 1. The van der Waals surface area contributed by atoms with E-state index in [1.54, 1.807) is 13.8 Å². The van der Waals surface area contributed by atoms with Crippen LogP contribution < -0.4 is 5.32 Å². The third kappa shape index (κ3) is 4.12. The highest BCUT2D eigenvalue weighted by atomic mass is 16.6. The molecule has 2 rings (SSSR count). The van der Waals surface area contributed by atoms with E-state index in [9.17, 15) is 9.59 Å². The van der Waals surface area contributed by atoms with E-state index in [1.165, 1.54) is 6.20 Å². The van der Waals surface area contributed by atoms with Gasteiger partial charge in [-0.1, -0.05) is 0 Å². The average Bonchev–Trinajstić information content (AvgIpc) is 2.87. The van der Waals surface area contributed by atoms with E-state index < -0.39 is 11.9 Å². The number of esters is 2. The molecule has 1 heterocycles. The molecule has 122 valence electrons. The molecule has 0 unspecified atom stereocenters. The lowest BCUT2D eigenvalue weighted by atomic mass is 10.2. The van der Waals surface area contributed by atoms with Gasteiger partial charge >= 0.3 is 11.9 Å². The predicted molar refractivity (Wildman–Crippen MR) is 88.0 cm³/mol. The molecule has 6 heteroatoms. The third-order valence-corrected chi connectivity index (χ3v) is 3.13. The largest absolute Gasteiger partial charge is 0.462 e. The van der Waals surface area contributed by atoms with Crippen LogP contribution in [-0.4, -0.2) is 30.1 Å².